The molecule has 0 saturated carbocycles. The van der Waals surface area contributed by atoms with Gasteiger partial charge in [-0.1, -0.05) is 31.7 Å². The summed E-state index contributed by atoms with van der Waals surface area (Å²) in [5.74, 6) is 0.133. The number of nitrogens with one attached hydrogen (secondary N) is 1. The van der Waals surface area contributed by atoms with Gasteiger partial charge in [-0.3, -0.25) is 4.72 Å². The van der Waals surface area contributed by atoms with Gasteiger partial charge in [-0.05, 0) is 25.5 Å². The Kier molecular flexibility index (Phi) is 4.45. The molecule has 0 aliphatic heterocycles. The molecule has 0 amide bonds. The molecule has 17 heavy (non-hydrogen) atoms. The monoisotopic (exact) mass is 252 g/mol. The van der Waals surface area contributed by atoms with E-state index in [1.165, 1.54) is 12.1 Å². The molecule has 0 unspecified atom stereocenters. The van der Waals surface area contributed by atoms with E-state index in [9.17, 15) is 8.42 Å². The first kappa shape index (κ1) is 13.4. The highest BCUT2D eigenvalue weighted by Gasteiger charge is 2.13. The summed E-state index contributed by atoms with van der Waals surface area (Å²) in [6.07, 6.45) is 0.756. The zero-order chi connectivity index (χ0) is 12.9. The van der Waals surface area contributed by atoms with E-state index < -0.39 is 10.0 Å². The Bertz CT molecular complexity index is 519. The summed E-state index contributed by atoms with van der Waals surface area (Å²) in [5.41, 5.74) is 0.825. The van der Waals surface area contributed by atoms with Crippen molar-refractivity contribution >= 4 is 15.7 Å². The third kappa shape index (κ3) is 4.03. The first-order valence-electron chi connectivity index (χ1n) is 5.26. The zero-order valence-electron chi connectivity index (χ0n) is 9.97. The summed E-state index contributed by atoms with van der Waals surface area (Å²) in [7, 11) is -3.57. The summed E-state index contributed by atoms with van der Waals surface area (Å²) in [6.45, 7) is 7.34. The van der Waals surface area contributed by atoms with Crippen molar-refractivity contribution in [1.29, 1.82) is 0 Å². The van der Waals surface area contributed by atoms with E-state index in [1.807, 2.05) is 13.8 Å². The summed E-state index contributed by atoms with van der Waals surface area (Å²) >= 11 is 0. The summed E-state index contributed by atoms with van der Waals surface area (Å²) in [5, 5.41) is 0. The second-order valence-electron chi connectivity index (χ2n) is 3.57. The van der Waals surface area contributed by atoms with Gasteiger partial charge in [-0.15, -0.1) is 0 Å². The quantitative estimate of drug-likeness (QED) is 0.817. The van der Waals surface area contributed by atoms with Gasteiger partial charge < -0.3 is 0 Å². The Labute approximate surface area is 102 Å². The van der Waals surface area contributed by atoms with E-state index in [-0.39, 0.29) is 10.7 Å². The number of benzene rings is 1. The van der Waals surface area contributed by atoms with Crippen molar-refractivity contribution in [1.82, 2.24) is 4.72 Å². The standard InChI is InChI=1S/C12H16N2O2S/c1-4-10(2)13-11(3)14-17(15,16)12-8-6-5-7-9-12/h5-9,14H,3-4H2,1-2H3. The highest BCUT2D eigenvalue weighted by atomic mass is 32.2. The molecule has 0 aliphatic carbocycles. The van der Waals surface area contributed by atoms with Crippen LogP contribution in [0.3, 0.4) is 0 Å². The maximum Gasteiger partial charge on any atom is 0.263 e. The molecule has 0 heterocycles. The fourth-order valence-electron chi connectivity index (χ4n) is 1.15. The molecule has 0 fully saturated rings. The molecular weight excluding hydrogens is 236 g/mol. The van der Waals surface area contributed by atoms with Gasteiger partial charge in [0.25, 0.3) is 10.0 Å². The summed E-state index contributed by atoms with van der Waals surface area (Å²) in [4.78, 5) is 4.24. The average Bonchev–Trinajstić information content (AvgIpc) is 2.29. The first-order chi connectivity index (χ1) is 7.95. The first-order valence-corrected chi connectivity index (χ1v) is 6.75. The lowest BCUT2D eigenvalue weighted by Crippen LogP contribution is -2.22. The van der Waals surface area contributed by atoms with Crippen LogP contribution in [0.2, 0.25) is 0 Å². The molecule has 5 heteroatoms. The second kappa shape index (κ2) is 5.63. The Hall–Kier alpha value is -1.62. The van der Waals surface area contributed by atoms with Gasteiger partial charge in [0.2, 0.25) is 0 Å². The second-order valence-corrected chi connectivity index (χ2v) is 5.25. The topological polar surface area (TPSA) is 58.5 Å². The Morgan fingerprint density at radius 3 is 2.47 bits per heavy atom. The van der Waals surface area contributed by atoms with Gasteiger partial charge >= 0.3 is 0 Å². The van der Waals surface area contributed by atoms with E-state index in [2.05, 4.69) is 16.3 Å². The number of rotatable bonds is 5. The fourth-order valence-corrected chi connectivity index (χ4v) is 2.14. The lowest BCUT2D eigenvalue weighted by Gasteiger charge is -2.07. The molecule has 0 aromatic heterocycles. The van der Waals surface area contributed by atoms with Gasteiger partial charge in [-0.25, -0.2) is 13.4 Å². The SMILES string of the molecule is C=C(N=C(C)CC)NS(=O)(=O)c1ccccc1. The number of hydrogen-bond acceptors (Lipinski definition) is 3. The van der Waals surface area contributed by atoms with Gasteiger partial charge in [0.1, 0.15) is 5.82 Å². The van der Waals surface area contributed by atoms with Crippen molar-refractivity contribution in [3.05, 3.63) is 42.7 Å². The minimum absolute atomic E-state index is 0.133. The van der Waals surface area contributed by atoms with Gasteiger partial charge in [-0.2, -0.15) is 0 Å². The van der Waals surface area contributed by atoms with Crippen LogP contribution in [0.15, 0.2) is 52.6 Å². The third-order valence-corrected chi connectivity index (χ3v) is 3.54. The highest BCUT2D eigenvalue weighted by Crippen LogP contribution is 2.08. The molecule has 0 radical (unpaired) electrons. The van der Waals surface area contributed by atoms with Crippen molar-refractivity contribution in [2.24, 2.45) is 4.99 Å². The molecule has 1 rings (SSSR count). The Morgan fingerprint density at radius 1 is 1.35 bits per heavy atom. The Balaban J connectivity index is 2.86. The van der Waals surface area contributed by atoms with Crippen molar-refractivity contribution in [3.8, 4) is 0 Å². The number of nitrogens with zero attached hydrogens (tertiary/aromatic N) is 1. The zero-order valence-corrected chi connectivity index (χ0v) is 10.8. The van der Waals surface area contributed by atoms with Gasteiger partial charge in [0.05, 0.1) is 4.90 Å². The molecule has 1 aromatic carbocycles. The van der Waals surface area contributed by atoms with Crippen LogP contribution in [-0.2, 0) is 10.0 Å². The highest BCUT2D eigenvalue weighted by molar-refractivity contribution is 7.89. The molecule has 1 aromatic rings. The number of aliphatic imine (C=N–C) groups is 1. The van der Waals surface area contributed by atoms with Gasteiger partial charge in [0, 0.05) is 5.71 Å². The lowest BCUT2D eigenvalue weighted by atomic mass is 10.3. The van der Waals surface area contributed by atoms with E-state index >= 15 is 0 Å². The number of hydrogen-bond donors (Lipinski definition) is 1. The van der Waals surface area contributed by atoms with E-state index in [4.69, 9.17) is 0 Å². The average molecular weight is 252 g/mol. The molecule has 4 nitrogen and oxygen atoms in total. The van der Waals surface area contributed by atoms with Crippen LogP contribution in [0.4, 0.5) is 0 Å². The van der Waals surface area contributed by atoms with E-state index in [0.29, 0.717) is 0 Å². The van der Waals surface area contributed by atoms with Crippen molar-refractivity contribution in [3.63, 3.8) is 0 Å². The number of sulfonamides is 1. The predicted molar refractivity (Wildman–Crippen MR) is 69.3 cm³/mol. The van der Waals surface area contributed by atoms with Crippen LogP contribution in [0, 0.1) is 0 Å². The van der Waals surface area contributed by atoms with Crippen LogP contribution in [-0.4, -0.2) is 14.1 Å². The maximum absolute atomic E-state index is 11.9. The minimum atomic E-state index is -3.57. The molecule has 0 saturated heterocycles. The van der Waals surface area contributed by atoms with Crippen LogP contribution in [0.5, 0.6) is 0 Å². The smallest absolute Gasteiger partial charge is 0.263 e. The van der Waals surface area contributed by atoms with Crippen LogP contribution >= 0.6 is 0 Å². The minimum Gasteiger partial charge on any atom is -0.264 e. The molecular formula is C12H16N2O2S. The molecule has 0 aliphatic rings. The summed E-state index contributed by atoms with van der Waals surface area (Å²) < 4.78 is 26.1. The molecule has 0 spiro atoms. The predicted octanol–water partition coefficient (Wildman–Crippen LogP) is 2.31. The molecule has 0 bridgehead atoms. The van der Waals surface area contributed by atoms with Crippen LogP contribution < -0.4 is 4.72 Å². The van der Waals surface area contributed by atoms with E-state index in [1.54, 1.807) is 18.2 Å². The van der Waals surface area contributed by atoms with Crippen molar-refractivity contribution in [2.45, 2.75) is 25.2 Å². The molecule has 0 atom stereocenters. The van der Waals surface area contributed by atoms with Gasteiger partial charge in [0.15, 0.2) is 0 Å². The van der Waals surface area contributed by atoms with Crippen molar-refractivity contribution < 1.29 is 8.42 Å². The lowest BCUT2D eigenvalue weighted by molar-refractivity contribution is 0.588. The summed E-state index contributed by atoms with van der Waals surface area (Å²) in [6, 6.07) is 8.13. The largest absolute Gasteiger partial charge is 0.264 e. The fraction of sp³-hybridized carbons (Fsp3) is 0.250. The maximum atomic E-state index is 11.9. The molecule has 1 N–H and O–H groups in total. The van der Waals surface area contributed by atoms with E-state index in [0.717, 1.165) is 12.1 Å². The van der Waals surface area contributed by atoms with Crippen LogP contribution in [0.1, 0.15) is 20.3 Å². The van der Waals surface area contributed by atoms with Crippen LogP contribution in [0.25, 0.3) is 0 Å². The third-order valence-electron chi connectivity index (χ3n) is 2.14. The normalized spacial score (nSPS) is 12.2. The molecule has 92 valence electrons. The Morgan fingerprint density at radius 2 is 1.94 bits per heavy atom. The van der Waals surface area contributed by atoms with Crippen molar-refractivity contribution in [2.75, 3.05) is 0 Å².